The number of ketones is 1. The van der Waals surface area contributed by atoms with Crippen LogP contribution in [0.2, 0.25) is 0 Å². The van der Waals surface area contributed by atoms with Crippen LogP contribution < -0.4 is 0 Å². The lowest BCUT2D eigenvalue weighted by Crippen LogP contribution is -2.21. The van der Waals surface area contributed by atoms with Gasteiger partial charge in [0.25, 0.3) is 0 Å². The second-order valence-electron chi connectivity index (χ2n) is 9.92. The summed E-state index contributed by atoms with van der Waals surface area (Å²) in [6.07, 6.45) is 9.43. The summed E-state index contributed by atoms with van der Waals surface area (Å²) in [5, 5.41) is 0. The Hall–Kier alpha value is -2.67. The molecule has 3 atom stereocenters. The van der Waals surface area contributed by atoms with Gasteiger partial charge in [0.05, 0.1) is 32.6 Å². The van der Waals surface area contributed by atoms with Crippen LogP contribution in [0.5, 0.6) is 0 Å². The fourth-order valence-electron chi connectivity index (χ4n) is 4.62. The van der Waals surface area contributed by atoms with Gasteiger partial charge in [0, 0.05) is 34.8 Å². The van der Waals surface area contributed by atoms with E-state index in [4.69, 9.17) is 29.0 Å². The summed E-state index contributed by atoms with van der Waals surface area (Å²) in [4.78, 5) is 14.0. The molecule has 238 valence electrons. The number of halogens is 1. The average molecular weight is 667 g/mol. The Morgan fingerprint density at radius 1 is 1.07 bits per heavy atom. The van der Waals surface area contributed by atoms with Gasteiger partial charge >= 0.3 is 15.4 Å². The molecule has 0 N–H and O–H groups in total. The maximum atomic E-state index is 14.4. The van der Waals surface area contributed by atoms with Crippen LogP contribution in [0.1, 0.15) is 56.7 Å². The van der Waals surface area contributed by atoms with E-state index in [1.54, 1.807) is 38.3 Å². The van der Waals surface area contributed by atoms with Gasteiger partial charge in [0.2, 0.25) is 0 Å². The molecular formula is C31H37FO9P2S. The predicted octanol–water partition coefficient (Wildman–Crippen LogP) is 7.64. The quantitative estimate of drug-likeness (QED) is 0.124. The third-order valence-electron chi connectivity index (χ3n) is 6.66. The molecule has 44 heavy (non-hydrogen) atoms. The van der Waals surface area contributed by atoms with E-state index >= 15 is 0 Å². The summed E-state index contributed by atoms with van der Waals surface area (Å²) in [5.41, 5.74) is 4.65. The fraction of sp³-hybridized carbons (Fsp3) is 0.387. The van der Waals surface area contributed by atoms with Crippen LogP contribution in [-0.4, -0.2) is 48.8 Å². The lowest BCUT2D eigenvalue weighted by atomic mass is 9.98. The third kappa shape index (κ3) is 9.92. The number of hydrogen-bond acceptors (Lipinski definition) is 9. The van der Waals surface area contributed by atoms with Gasteiger partial charge in [-0.15, -0.1) is 0 Å². The van der Waals surface area contributed by atoms with Crippen LogP contribution in [0.4, 0.5) is 4.39 Å². The first-order valence-electron chi connectivity index (χ1n) is 13.9. The topological polar surface area (TPSA) is 114 Å². The summed E-state index contributed by atoms with van der Waals surface area (Å²) < 4.78 is 77.6. The van der Waals surface area contributed by atoms with Crippen molar-refractivity contribution in [2.24, 2.45) is 0 Å². The molecule has 0 aliphatic heterocycles. The lowest BCUT2D eigenvalue weighted by Gasteiger charge is -2.24. The molecule has 13 heteroatoms. The number of Topliss-reactive ketones (excluding diaryl/α,β-unsaturated/α-hetero) is 1. The SMILES string of the molecule is C#COP(C)(=O)OCC(CCC(=O)CC1=C(C)/C(=C/c2ccc(S(C)=O)cc2)c2ccc(F)cc21)OP(=O)(OCC)OCC. The van der Waals surface area contributed by atoms with Crippen LogP contribution in [0.25, 0.3) is 17.2 Å². The summed E-state index contributed by atoms with van der Waals surface area (Å²) in [6.45, 7) is 6.01. The van der Waals surface area contributed by atoms with Crippen molar-refractivity contribution < 1.29 is 45.1 Å². The van der Waals surface area contributed by atoms with Gasteiger partial charge < -0.3 is 4.52 Å². The zero-order valence-corrected chi connectivity index (χ0v) is 28.0. The second-order valence-corrected chi connectivity index (χ2v) is 14.9. The number of phosphoric acid groups is 1. The Bertz CT molecular complexity index is 1570. The molecule has 9 nitrogen and oxygen atoms in total. The molecule has 0 heterocycles. The molecule has 0 spiro atoms. The molecule has 1 aliphatic carbocycles. The molecule has 0 fully saturated rings. The molecule has 0 bridgehead atoms. The minimum absolute atomic E-state index is 0.00200. The number of hydrogen-bond donors (Lipinski definition) is 0. The maximum absolute atomic E-state index is 14.4. The van der Waals surface area contributed by atoms with Crippen molar-refractivity contribution in [3.63, 3.8) is 0 Å². The summed E-state index contributed by atoms with van der Waals surface area (Å²) in [5.74, 6) is -0.620. The molecule has 0 radical (unpaired) electrons. The number of benzene rings is 2. The number of terminal acetylenes is 1. The highest BCUT2D eigenvalue weighted by molar-refractivity contribution is 7.84. The number of carbonyl (C=O) groups is 1. The molecule has 0 saturated carbocycles. The third-order valence-corrected chi connectivity index (χ3v) is 10.4. The highest BCUT2D eigenvalue weighted by atomic mass is 32.2. The van der Waals surface area contributed by atoms with Crippen molar-refractivity contribution in [2.75, 3.05) is 32.7 Å². The number of rotatable bonds is 17. The fourth-order valence-corrected chi connectivity index (χ4v) is 7.18. The Labute approximate surface area is 260 Å². The van der Waals surface area contributed by atoms with Crippen LogP contribution in [-0.2, 0) is 47.3 Å². The zero-order valence-electron chi connectivity index (χ0n) is 25.4. The van der Waals surface area contributed by atoms with E-state index in [1.807, 2.05) is 31.2 Å². The molecule has 2 aromatic carbocycles. The summed E-state index contributed by atoms with van der Waals surface area (Å²) >= 11 is 0. The van der Waals surface area contributed by atoms with Crippen molar-refractivity contribution in [1.29, 1.82) is 0 Å². The number of allylic oxidation sites excluding steroid dienone is 3. The Kier molecular flexibility index (Phi) is 13.1. The molecule has 2 aromatic rings. The normalized spacial score (nSPS) is 16.7. The molecule has 1 aliphatic rings. The van der Waals surface area contributed by atoms with Gasteiger partial charge in [-0.1, -0.05) is 24.6 Å². The largest absolute Gasteiger partial charge is 0.475 e. The second kappa shape index (κ2) is 16.1. The Morgan fingerprint density at radius 2 is 1.73 bits per heavy atom. The first-order chi connectivity index (χ1) is 20.8. The number of fused-ring (bicyclic) bond motifs is 1. The first kappa shape index (κ1) is 35.8. The maximum Gasteiger partial charge on any atom is 0.475 e. The van der Waals surface area contributed by atoms with Crippen molar-refractivity contribution in [3.05, 3.63) is 70.5 Å². The van der Waals surface area contributed by atoms with Crippen molar-refractivity contribution >= 4 is 49.2 Å². The van der Waals surface area contributed by atoms with E-state index in [0.29, 0.717) is 16.0 Å². The van der Waals surface area contributed by atoms with Gasteiger partial charge in [-0.25, -0.2) is 13.5 Å². The van der Waals surface area contributed by atoms with Gasteiger partial charge in [-0.2, -0.15) is 0 Å². The molecule has 0 aromatic heterocycles. The standard InChI is InChI=1S/C31H37FO9P2S/c1-7-37-42(5,34)40-21-26(41-43(35,38-8-2)39-9-3)14-13-25(33)20-30-22(4)29(28-17-12-24(32)19-31(28)30)18-23-10-15-27(16-11-23)44(6)36/h1,10-12,15-19,26H,8-9,13-14,20-21H2,2-6H3/b29-18-. The van der Waals surface area contributed by atoms with Crippen LogP contribution >= 0.6 is 15.4 Å². The van der Waals surface area contributed by atoms with Crippen molar-refractivity contribution in [1.82, 2.24) is 0 Å². The van der Waals surface area contributed by atoms with E-state index in [9.17, 15) is 22.5 Å². The molecule has 3 unspecified atom stereocenters. The monoisotopic (exact) mass is 666 g/mol. The first-order valence-corrected chi connectivity index (χ1v) is 18.9. The van der Waals surface area contributed by atoms with E-state index in [2.05, 4.69) is 0 Å². The molecule has 0 amide bonds. The van der Waals surface area contributed by atoms with Gasteiger partial charge in [0.1, 0.15) is 17.7 Å². The zero-order chi connectivity index (χ0) is 32.5. The van der Waals surface area contributed by atoms with Crippen LogP contribution in [0, 0.1) is 18.3 Å². The van der Waals surface area contributed by atoms with E-state index in [-0.39, 0.29) is 44.9 Å². The van der Waals surface area contributed by atoms with Gasteiger partial charge in [-0.3, -0.25) is 27.1 Å². The van der Waals surface area contributed by atoms with Gasteiger partial charge in [0.15, 0.2) is 0 Å². The average Bonchev–Trinajstić information content (AvgIpc) is 3.20. The predicted molar refractivity (Wildman–Crippen MR) is 170 cm³/mol. The lowest BCUT2D eigenvalue weighted by molar-refractivity contribution is -0.118. The number of phosphoric ester groups is 1. The summed E-state index contributed by atoms with van der Waals surface area (Å²) in [7, 11) is -8.76. The summed E-state index contributed by atoms with van der Waals surface area (Å²) in [6, 6.07) is 11.8. The van der Waals surface area contributed by atoms with Crippen molar-refractivity contribution in [3.8, 4) is 12.5 Å². The smallest absolute Gasteiger partial charge is 0.371 e. The van der Waals surface area contributed by atoms with E-state index in [1.165, 1.54) is 18.8 Å². The molecule has 0 saturated heterocycles. The highest BCUT2D eigenvalue weighted by Crippen LogP contribution is 2.52. The Morgan fingerprint density at radius 3 is 2.32 bits per heavy atom. The minimum atomic E-state index is -4.01. The van der Waals surface area contributed by atoms with E-state index < -0.39 is 38.1 Å². The van der Waals surface area contributed by atoms with E-state index in [0.717, 1.165) is 22.3 Å². The molecular weight excluding hydrogens is 629 g/mol. The highest BCUT2D eigenvalue weighted by Gasteiger charge is 2.33. The number of carbonyl (C=O) groups excluding carboxylic acids is 1. The van der Waals surface area contributed by atoms with Crippen molar-refractivity contribution in [2.45, 2.75) is 51.0 Å². The van der Waals surface area contributed by atoms with Gasteiger partial charge in [-0.05, 0) is 90.9 Å². The minimum Gasteiger partial charge on any atom is -0.371 e. The Balaban J connectivity index is 1.83. The molecule has 3 rings (SSSR count). The van der Waals surface area contributed by atoms with Crippen LogP contribution in [0.3, 0.4) is 0 Å². The van der Waals surface area contributed by atoms with Crippen LogP contribution in [0.15, 0.2) is 52.9 Å².